The molecule has 0 radical (unpaired) electrons. The van der Waals surface area contributed by atoms with Crippen molar-refractivity contribution in [3.05, 3.63) is 33.0 Å². The Kier molecular flexibility index (Phi) is 3.28. The summed E-state index contributed by atoms with van der Waals surface area (Å²) in [6, 6.07) is 1.82. The minimum Gasteiger partial charge on any atom is -0.477 e. The molecule has 0 bridgehead atoms. The number of hydrogen-bond donors (Lipinski definition) is 1. The van der Waals surface area contributed by atoms with Gasteiger partial charge in [0.25, 0.3) is 0 Å². The van der Waals surface area contributed by atoms with Crippen LogP contribution in [0.1, 0.15) is 28.0 Å². The number of aromatic nitrogens is 1. The summed E-state index contributed by atoms with van der Waals surface area (Å²) in [6.45, 7) is 0. The van der Waals surface area contributed by atoms with Gasteiger partial charge < -0.3 is 15.2 Å². The lowest BCUT2D eigenvalue weighted by Crippen LogP contribution is -2.09. The molecule has 88 valence electrons. The van der Waals surface area contributed by atoms with Crippen LogP contribution in [0.4, 0.5) is 14.6 Å². The number of alkyl halides is 2. The first kappa shape index (κ1) is 12.4. The van der Waals surface area contributed by atoms with Crippen molar-refractivity contribution < 1.29 is 23.6 Å². The van der Waals surface area contributed by atoms with Crippen LogP contribution in [-0.2, 0) is 0 Å². The lowest BCUT2D eigenvalue weighted by atomic mass is 10.1. The number of nitrogens with zero attached hydrogens (tertiary/aromatic N) is 3. The molecule has 0 aliphatic carbocycles. The van der Waals surface area contributed by atoms with Gasteiger partial charge in [-0.2, -0.15) is 5.26 Å². The molecular weight excluding hydrogens is 240 g/mol. The zero-order chi connectivity index (χ0) is 13.2. The van der Waals surface area contributed by atoms with Gasteiger partial charge >= 0.3 is 18.2 Å². The number of rotatable bonds is 3. The van der Waals surface area contributed by atoms with Gasteiger partial charge in [-0.1, -0.05) is 0 Å². The Balaban J connectivity index is 3.65. The van der Waals surface area contributed by atoms with Gasteiger partial charge in [0.15, 0.2) is 5.56 Å². The quantitative estimate of drug-likeness (QED) is 0.634. The third-order valence-corrected chi connectivity index (χ3v) is 1.75. The van der Waals surface area contributed by atoms with E-state index in [1.165, 1.54) is 6.07 Å². The highest BCUT2D eigenvalue weighted by molar-refractivity contribution is 5.94. The molecule has 1 heterocycles. The van der Waals surface area contributed by atoms with Crippen LogP contribution in [0.25, 0.3) is 0 Å². The van der Waals surface area contributed by atoms with Gasteiger partial charge in [-0.05, 0) is 9.91 Å². The van der Waals surface area contributed by atoms with Gasteiger partial charge in [-0.25, -0.2) is 13.6 Å². The smallest absolute Gasteiger partial charge is 0.379 e. The number of hydrogen-bond acceptors (Lipinski definition) is 5. The maximum absolute atomic E-state index is 12.3. The SMILES string of the molecule is N#Cc1cc(C(F)F)nc([N+](=O)[O-])c1C(=O)O. The van der Waals surface area contributed by atoms with Crippen LogP contribution in [0.3, 0.4) is 0 Å². The fourth-order valence-electron chi connectivity index (χ4n) is 1.09. The molecule has 0 aliphatic heterocycles. The van der Waals surface area contributed by atoms with E-state index in [1.54, 1.807) is 0 Å². The molecule has 7 nitrogen and oxygen atoms in total. The lowest BCUT2D eigenvalue weighted by Gasteiger charge is -2.01. The maximum atomic E-state index is 12.3. The molecule has 0 saturated heterocycles. The molecule has 0 saturated carbocycles. The van der Waals surface area contributed by atoms with Crippen molar-refractivity contribution in [2.75, 3.05) is 0 Å². The van der Waals surface area contributed by atoms with Crippen molar-refractivity contribution in [1.29, 1.82) is 5.26 Å². The van der Waals surface area contributed by atoms with Crippen LogP contribution >= 0.6 is 0 Å². The first-order valence-electron chi connectivity index (χ1n) is 3.99. The summed E-state index contributed by atoms with van der Waals surface area (Å²) >= 11 is 0. The summed E-state index contributed by atoms with van der Waals surface area (Å²) < 4.78 is 24.6. The Labute approximate surface area is 92.1 Å². The molecule has 9 heteroatoms. The molecule has 1 rings (SSSR count). The molecule has 0 amide bonds. The molecule has 0 spiro atoms. The summed E-state index contributed by atoms with van der Waals surface area (Å²) in [7, 11) is 0. The number of halogens is 2. The molecule has 17 heavy (non-hydrogen) atoms. The van der Waals surface area contributed by atoms with E-state index in [1.807, 2.05) is 0 Å². The first-order valence-corrected chi connectivity index (χ1v) is 3.99. The predicted molar refractivity (Wildman–Crippen MR) is 47.5 cm³/mol. The van der Waals surface area contributed by atoms with E-state index in [2.05, 4.69) is 4.98 Å². The number of nitriles is 1. The molecule has 1 aromatic rings. The minimum atomic E-state index is -3.14. The van der Waals surface area contributed by atoms with Crippen LogP contribution in [0.2, 0.25) is 0 Å². The highest BCUT2D eigenvalue weighted by Gasteiger charge is 2.30. The van der Waals surface area contributed by atoms with Crippen LogP contribution in [-0.4, -0.2) is 21.0 Å². The maximum Gasteiger partial charge on any atom is 0.379 e. The number of carboxylic acid groups (broad SMARTS) is 1. The van der Waals surface area contributed by atoms with Crippen molar-refractivity contribution in [2.24, 2.45) is 0 Å². The highest BCUT2D eigenvalue weighted by atomic mass is 19.3. The van der Waals surface area contributed by atoms with E-state index in [-0.39, 0.29) is 0 Å². The van der Waals surface area contributed by atoms with Crippen molar-refractivity contribution in [2.45, 2.75) is 6.43 Å². The Morgan fingerprint density at radius 1 is 1.65 bits per heavy atom. The number of carboxylic acids is 1. The van der Waals surface area contributed by atoms with Crippen molar-refractivity contribution in [3.63, 3.8) is 0 Å². The van der Waals surface area contributed by atoms with Crippen LogP contribution < -0.4 is 0 Å². The minimum absolute atomic E-state index is 0.515. The van der Waals surface area contributed by atoms with E-state index in [9.17, 15) is 23.7 Å². The van der Waals surface area contributed by atoms with Crippen molar-refractivity contribution in [1.82, 2.24) is 4.98 Å². The summed E-state index contributed by atoms with van der Waals surface area (Å²) in [5.41, 5.74) is -2.74. The van der Waals surface area contributed by atoms with E-state index >= 15 is 0 Å². The van der Waals surface area contributed by atoms with Gasteiger partial charge in [0.05, 0.1) is 5.56 Å². The average molecular weight is 243 g/mol. The summed E-state index contributed by atoms with van der Waals surface area (Å²) in [5.74, 6) is -3.05. The third kappa shape index (κ3) is 2.31. The fraction of sp³-hybridized carbons (Fsp3) is 0.125. The molecular formula is C8H3F2N3O4. The molecule has 0 aliphatic rings. The first-order chi connectivity index (χ1) is 7.88. The second kappa shape index (κ2) is 4.48. The van der Waals surface area contributed by atoms with Crippen LogP contribution in [0, 0.1) is 21.4 Å². The van der Waals surface area contributed by atoms with Gasteiger partial charge in [-0.3, -0.25) is 0 Å². The van der Waals surface area contributed by atoms with E-state index < -0.39 is 40.0 Å². The molecule has 0 fully saturated rings. The van der Waals surface area contributed by atoms with Gasteiger partial charge in [-0.15, -0.1) is 0 Å². The van der Waals surface area contributed by atoms with E-state index in [0.29, 0.717) is 6.07 Å². The third-order valence-electron chi connectivity index (χ3n) is 1.75. The Bertz CT molecular complexity index is 538. The number of pyridine rings is 1. The van der Waals surface area contributed by atoms with Gasteiger partial charge in [0.2, 0.25) is 5.69 Å². The zero-order valence-corrected chi connectivity index (χ0v) is 7.92. The standard InChI is InChI=1S/C8H3F2N3O4/c9-6(10)4-1-3(2-11)5(8(14)15)7(12-4)13(16)17/h1,6H,(H,14,15). The van der Waals surface area contributed by atoms with Crippen molar-refractivity contribution >= 4 is 11.8 Å². The Morgan fingerprint density at radius 2 is 2.24 bits per heavy atom. The topological polar surface area (TPSA) is 117 Å². The molecule has 1 N–H and O–H groups in total. The molecule has 0 aromatic carbocycles. The normalized spacial score (nSPS) is 10.0. The number of nitro groups is 1. The zero-order valence-electron chi connectivity index (χ0n) is 7.92. The van der Waals surface area contributed by atoms with E-state index in [0.717, 1.165) is 0 Å². The number of carbonyl (C=O) groups is 1. The summed E-state index contributed by atoms with van der Waals surface area (Å²) in [6.07, 6.45) is -3.14. The Hall–Kier alpha value is -2.63. The van der Waals surface area contributed by atoms with Gasteiger partial charge in [0.1, 0.15) is 6.07 Å². The molecule has 0 unspecified atom stereocenters. The van der Waals surface area contributed by atoms with Crippen LogP contribution in [0.5, 0.6) is 0 Å². The van der Waals surface area contributed by atoms with Gasteiger partial charge in [0, 0.05) is 6.07 Å². The van der Waals surface area contributed by atoms with Crippen LogP contribution in [0.15, 0.2) is 6.07 Å². The second-order valence-corrected chi connectivity index (χ2v) is 2.77. The molecule has 1 aromatic heterocycles. The van der Waals surface area contributed by atoms with Crippen molar-refractivity contribution in [3.8, 4) is 6.07 Å². The fourth-order valence-corrected chi connectivity index (χ4v) is 1.09. The second-order valence-electron chi connectivity index (χ2n) is 2.77. The summed E-state index contributed by atoms with van der Waals surface area (Å²) in [4.78, 5) is 22.9. The Morgan fingerprint density at radius 3 is 2.59 bits per heavy atom. The average Bonchev–Trinajstić information content (AvgIpc) is 2.26. The largest absolute Gasteiger partial charge is 0.477 e. The lowest BCUT2D eigenvalue weighted by molar-refractivity contribution is -0.390. The molecule has 0 atom stereocenters. The summed E-state index contributed by atoms with van der Waals surface area (Å²) in [5, 5.41) is 27.7. The number of aromatic carboxylic acids is 1. The predicted octanol–water partition coefficient (Wildman–Crippen LogP) is 1.50. The monoisotopic (exact) mass is 243 g/mol. The highest BCUT2D eigenvalue weighted by Crippen LogP contribution is 2.26. The van der Waals surface area contributed by atoms with E-state index in [4.69, 9.17) is 10.4 Å².